The first kappa shape index (κ1) is 17.6. The van der Waals surface area contributed by atoms with Crippen LogP contribution in [-0.4, -0.2) is 53.6 Å². The summed E-state index contributed by atoms with van der Waals surface area (Å²) in [6.07, 6.45) is 2.98. The van der Waals surface area contributed by atoms with Crippen molar-refractivity contribution in [3.63, 3.8) is 0 Å². The Morgan fingerprint density at radius 1 is 1.40 bits per heavy atom. The molecule has 1 aliphatic rings. The van der Waals surface area contributed by atoms with Crippen LogP contribution in [0.2, 0.25) is 5.02 Å². The van der Waals surface area contributed by atoms with Gasteiger partial charge in [0.2, 0.25) is 5.91 Å². The van der Waals surface area contributed by atoms with Crippen LogP contribution in [0.5, 0.6) is 11.8 Å². The van der Waals surface area contributed by atoms with Gasteiger partial charge in [-0.25, -0.2) is 9.97 Å². The lowest BCUT2D eigenvalue weighted by Crippen LogP contribution is -2.48. The zero-order chi connectivity index (χ0) is 17.6. The molecular formula is C17H19ClN4O3. The number of likely N-dealkylation sites (N-methyl/N-ethyl adjacent to an activating group) is 1. The molecule has 1 atom stereocenters. The van der Waals surface area contributed by atoms with Gasteiger partial charge < -0.3 is 14.8 Å². The van der Waals surface area contributed by atoms with Gasteiger partial charge in [-0.15, -0.1) is 0 Å². The highest BCUT2D eigenvalue weighted by Gasteiger charge is 2.25. The molecule has 3 rings (SSSR count). The number of nitrogens with zero attached hydrogens (tertiary/aromatic N) is 3. The monoisotopic (exact) mass is 362 g/mol. The van der Waals surface area contributed by atoms with Crippen LogP contribution in [0.3, 0.4) is 0 Å². The second kappa shape index (κ2) is 8.24. The number of aromatic nitrogens is 2. The maximum Gasteiger partial charge on any atom is 0.321 e. The van der Waals surface area contributed by atoms with Gasteiger partial charge in [0.05, 0.1) is 11.6 Å². The summed E-state index contributed by atoms with van der Waals surface area (Å²) in [5.74, 6) is 0.406. The minimum Gasteiger partial charge on any atom is -0.423 e. The largest absolute Gasteiger partial charge is 0.423 e. The first-order chi connectivity index (χ1) is 12.2. The number of hydrogen-bond acceptors (Lipinski definition) is 6. The van der Waals surface area contributed by atoms with Gasteiger partial charge in [0.1, 0.15) is 11.9 Å². The molecule has 2 aromatic rings. The topological polar surface area (TPSA) is 76.6 Å². The molecule has 0 unspecified atom stereocenters. The van der Waals surface area contributed by atoms with Crippen molar-refractivity contribution in [3.05, 3.63) is 47.2 Å². The molecule has 7 nitrogen and oxygen atoms in total. The number of halogens is 1. The van der Waals surface area contributed by atoms with E-state index in [2.05, 4.69) is 20.2 Å². The van der Waals surface area contributed by atoms with Crippen LogP contribution in [0.15, 0.2) is 36.7 Å². The van der Waals surface area contributed by atoms with Gasteiger partial charge in [-0.3, -0.25) is 9.69 Å². The van der Waals surface area contributed by atoms with Crippen molar-refractivity contribution in [2.45, 2.75) is 12.6 Å². The van der Waals surface area contributed by atoms with Gasteiger partial charge in [-0.1, -0.05) is 23.7 Å². The predicted molar refractivity (Wildman–Crippen MR) is 92.6 cm³/mol. The zero-order valence-corrected chi connectivity index (χ0v) is 14.6. The number of carbonyl (C=O) groups is 1. The minimum atomic E-state index is -0.442. The maximum absolute atomic E-state index is 11.7. The average molecular weight is 363 g/mol. The standard InChI is InChI=1S/C17H19ClN4O3/c1-19-16(23)15-11-22(6-7-24-15)10-12-8-20-17(21-9-12)25-14-5-3-2-4-13(14)18/h2-5,8-9,15H,6-7,10-11H2,1H3,(H,19,23)/t15-/m0/s1. The van der Waals surface area contributed by atoms with Crippen LogP contribution in [0, 0.1) is 0 Å². The molecule has 1 aliphatic heterocycles. The molecule has 1 aromatic heterocycles. The number of nitrogens with one attached hydrogen (secondary N) is 1. The Hall–Kier alpha value is -2.22. The SMILES string of the molecule is CNC(=O)[C@@H]1CN(Cc2cnc(Oc3ccccc3Cl)nc2)CCO1. The normalized spacial score (nSPS) is 17.9. The number of rotatable bonds is 5. The molecule has 1 N–H and O–H groups in total. The summed E-state index contributed by atoms with van der Waals surface area (Å²) >= 11 is 6.05. The number of hydrogen-bond donors (Lipinski definition) is 1. The summed E-state index contributed by atoms with van der Waals surface area (Å²) in [6, 6.07) is 7.39. The molecule has 0 radical (unpaired) electrons. The number of amides is 1. The molecule has 0 saturated carbocycles. The van der Waals surface area contributed by atoms with Crippen molar-refractivity contribution < 1.29 is 14.3 Å². The third-order valence-electron chi connectivity index (χ3n) is 3.82. The zero-order valence-electron chi connectivity index (χ0n) is 13.8. The van der Waals surface area contributed by atoms with Gasteiger partial charge in [-0.2, -0.15) is 0 Å². The second-order valence-corrected chi connectivity index (χ2v) is 6.02. The van der Waals surface area contributed by atoms with Gasteiger partial charge in [0, 0.05) is 44.6 Å². The number of benzene rings is 1. The second-order valence-electron chi connectivity index (χ2n) is 5.62. The van der Waals surface area contributed by atoms with Gasteiger partial charge in [0.25, 0.3) is 0 Å². The van der Waals surface area contributed by atoms with E-state index in [-0.39, 0.29) is 11.9 Å². The van der Waals surface area contributed by atoms with E-state index in [4.69, 9.17) is 21.1 Å². The smallest absolute Gasteiger partial charge is 0.321 e. The summed E-state index contributed by atoms with van der Waals surface area (Å²) in [7, 11) is 1.61. The Morgan fingerprint density at radius 3 is 2.88 bits per heavy atom. The van der Waals surface area contributed by atoms with Crippen LogP contribution in [0.1, 0.15) is 5.56 Å². The minimum absolute atomic E-state index is 0.107. The molecule has 8 heteroatoms. The Balaban J connectivity index is 1.59. The fraction of sp³-hybridized carbons (Fsp3) is 0.353. The fourth-order valence-electron chi connectivity index (χ4n) is 2.53. The molecule has 1 aromatic carbocycles. The lowest BCUT2D eigenvalue weighted by molar-refractivity contribution is -0.138. The van der Waals surface area contributed by atoms with Crippen LogP contribution in [0.4, 0.5) is 0 Å². The predicted octanol–water partition coefficient (Wildman–Crippen LogP) is 1.87. The highest BCUT2D eigenvalue weighted by Crippen LogP contribution is 2.26. The van der Waals surface area contributed by atoms with Crippen molar-refractivity contribution in [1.82, 2.24) is 20.2 Å². The van der Waals surface area contributed by atoms with E-state index in [1.165, 1.54) is 0 Å². The fourth-order valence-corrected chi connectivity index (χ4v) is 2.70. The van der Waals surface area contributed by atoms with Crippen molar-refractivity contribution in [2.24, 2.45) is 0 Å². The molecule has 2 heterocycles. The summed E-state index contributed by atoms with van der Waals surface area (Å²) in [5, 5.41) is 3.12. The van der Waals surface area contributed by atoms with Crippen LogP contribution in [-0.2, 0) is 16.1 Å². The Labute approximate surface area is 150 Å². The Bertz CT molecular complexity index is 726. The summed E-state index contributed by atoms with van der Waals surface area (Å²) < 4.78 is 11.1. The van der Waals surface area contributed by atoms with E-state index in [1.807, 2.05) is 12.1 Å². The molecule has 132 valence electrons. The lowest BCUT2D eigenvalue weighted by Gasteiger charge is -2.31. The van der Waals surface area contributed by atoms with Crippen LogP contribution >= 0.6 is 11.6 Å². The Kier molecular flexibility index (Phi) is 5.80. The first-order valence-electron chi connectivity index (χ1n) is 7.94. The third-order valence-corrected chi connectivity index (χ3v) is 4.13. The maximum atomic E-state index is 11.7. The van der Waals surface area contributed by atoms with Gasteiger partial charge in [-0.05, 0) is 12.1 Å². The Morgan fingerprint density at radius 2 is 2.16 bits per heavy atom. The van der Waals surface area contributed by atoms with E-state index in [9.17, 15) is 4.79 Å². The molecule has 0 bridgehead atoms. The van der Waals surface area contributed by atoms with E-state index >= 15 is 0 Å². The highest BCUT2D eigenvalue weighted by atomic mass is 35.5. The van der Waals surface area contributed by atoms with Crippen LogP contribution in [0.25, 0.3) is 0 Å². The molecule has 1 fully saturated rings. The highest BCUT2D eigenvalue weighted by molar-refractivity contribution is 6.32. The molecule has 0 aliphatic carbocycles. The number of para-hydroxylation sites is 1. The van der Waals surface area contributed by atoms with Crippen molar-refractivity contribution >= 4 is 17.5 Å². The number of carbonyl (C=O) groups excluding carboxylic acids is 1. The van der Waals surface area contributed by atoms with Crippen molar-refractivity contribution in [1.29, 1.82) is 0 Å². The summed E-state index contributed by atoms with van der Waals surface area (Å²) in [4.78, 5) is 22.3. The number of ether oxygens (including phenoxy) is 2. The quantitative estimate of drug-likeness (QED) is 0.875. The van der Waals surface area contributed by atoms with Gasteiger partial charge in [0.15, 0.2) is 0 Å². The van der Waals surface area contributed by atoms with Crippen molar-refractivity contribution in [3.8, 4) is 11.8 Å². The van der Waals surface area contributed by atoms with E-state index in [0.29, 0.717) is 30.5 Å². The van der Waals surface area contributed by atoms with Crippen molar-refractivity contribution in [2.75, 3.05) is 26.7 Å². The number of morpholine rings is 1. The van der Waals surface area contributed by atoms with Gasteiger partial charge >= 0.3 is 6.01 Å². The first-order valence-corrected chi connectivity index (χ1v) is 8.32. The molecule has 0 spiro atoms. The molecule has 1 amide bonds. The third kappa shape index (κ3) is 4.66. The molecular weight excluding hydrogens is 344 g/mol. The lowest BCUT2D eigenvalue weighted by atomic mass is 10.2. The molecule has 25 heavy (non-hydrogen) atoms. The average Bonchev–Trinajstić information content (AvgIpc) is 2.65. The van der Waals surface area contributed by atoms with Crippen LogP contribution < -0.4 is 10.1 Å². The van der Waals surface area contributed by atoms with E-state index < -0.39 is 6.10 Å². The van der Waals surface area contributed by atoms with E-state index in [0.717, 1.165) is 12.1 Å². The summed E-state index contributed by atoms with van der Waals surface area (Å²) in [5.41, 5.74) is 0.934. The molecule has 1 saturated heterocycles. The summed E-state index contributed by atoms with van der Waals surface area (Å²) in [6.45, 7) is 2.46. The van der Waals surface area contributed by atoms with E-state index in [1.54, 1.807) is 31.6 Å².